The molecule has 0 spiro atoms. The Labute approximate surface area is 189 Å². The number of nitrogens with zero attached hydrogens (tertiary/aromatic N) is 3. The van der Waals surface area contributed by atoms with Gasteiger partial charge in [0.2, 0.25) is 12.7 Å². The molecule has 0 fully saturated rings. The average molecular weight is 454 g/mol. The molecule has 0 bridgehead atoms. The number of ether oxygens (including phenoxy) is 2. The van der Waals surface area contributed by atoms with Crippen molar-refractivity contribution in [3.8, 4) is 11.5 Å². The molecule has 0 unspecified atom stereocenters. The van der Waals surface area contributed by atoms with Crippen LogP contribution in [0, 0.1) is 0 Å². The molecule has 10 heteroatoms. The third-order valence-electron chi connectivity index (χ3n) is 4.77. The van der Waals surface area contributed by atoms with Gasteiger partial charge in [-0.3, -0.25) is 9.59 Å². The molecule has 9 nitrogen and oxygen atoms in total. The molecule has 2 amide bonds. The van der Waals surface area contributed by atoms with Gasteiger partial charge in [-0.1, -0.05) is 30.0 Å². The number of anilines is 1. The number of fused-ring (bicyclic) bond motifs is 1. The second-order valence-corrected chi connectivity index (χ2v) is 7.97. The topological polar surface area (TPSA) is 107 Å². The van der Waals surface area contributed by atoms with E-state index >= 15 is 0 Å². The fraction of sp³-hybridized carbons (Fsp3) is 0.273. The van der Waals surface area contributed by atoms with Gasteiger partial charge in [-0.15, -0.1) is 10.2 Å². The number of hydrogen-bond donors (Lipinski definition) is 2. The zero-order valence-electron chi connectivity index (χ0n) is 17.5. The van der Waals surface area contributed by atoms with Gasteiger partial charge in [0.05, 0.1) is 6.54 Å². The molecule has 2 aromatic carbocycles. The van der Waals surface area contributed by atoms with Crippen LogP contribution in [-0.2, 0) is 17.9 Å². The number of para-hydroxylation sites is 1. The highest BCUT2D eigenvalue weighted by Gasteiger charge is 2.17. The fourth-order valence-corrected chi connectivity index (χ4v) is 4.11. The lowest BCUT2D eigenvalue weighted by Crippen LogP contribution is -2.24. The monoisotopic (exact) mass is 453 g/mol. The Morgan fingerprint density at radius 3 is 2.72 bits per heavy atom. The van der Waals surface area contributed by atoms with Gasteiger partial charge < -0.3 is 24.7 Å². The van der Waals surface area contributed by atoms with E-state index in [1.807, 2.05) is 41.8 Å². The van der Waals surface area contributed by atoms with E-state index in [2.05, 4.69) is 20.8 Å². The van der Waals surface area contributed by atoms with Gasteiger partial charge in [0, 0.05) is 30.0 Å². The minimum atomic E-state index is -0.235. The average Bonchev–Trinajstić information content (AvgIpc) is 3.44. The molecule has 0 saturated carbocycles. The first-order chi connectivity index (χ1) is 15.6. The maximum absolute atomic E-state index is 12.5. The maximum Gasteiger partial charge on any atom is 0.251 e. The van der Waals surface area contributed by atoms with Crippen LogP contribution in [0.15, 0.2) is 53.7 Å². The number of thioether (sulfide) groups is 1. The molecule has 0 radical (unpaired) electrons. The van der Waals surface area contributed by atoms with Crippen molar-refractivity contribution in [2.45, 2.75) is 31.6 Å². The van der Waals surface area contributed by atoms with Crippen LogP contribution in [-0.4, -0.2) is 39.1 Å². The Hall–Kier alpha value is -3.53. The molecular weight excluding hydrogens is 430 g/mol. The van der Waals surface area contributed by atoms with Crippen molar-refractivity contribution in [2.24, 2.45) is 0 Å². The van der Waals surface area contributed by atoms with Crippen molar-refractivity contribution in [3.05, 3.63) is 59.9 Å². The summed E-state index contributed by atoms with van der Waals surface area (Å²) in [5, 5.41) is 14.9. The molecule has 166 valence electrons. The summed E-state index contributed by atoms with van der Waals surface area (Å²) in [6.45, 7) is 3.04. The smallest absolute Gasteiger partial charge is 0.251 e. The zero-order chi connectivity index (χ0) is 22.3. The van der Waals surface area contributed by atoms with Crippen LogP contribution in [0.5, 0.6) is 11.5 Å². The molecule has 0 atom stereocenters. The third kappa shape index (κ3) is 5.20. The molecule has 1 aromatic heterocycles. The molecular formula is C22H23N5O4S. The Bertz CT molecular complexity index is 1100. The normalized spacial score (nSPS) is 11.9. The molecule has 4 rings (SSSR count). The second-order valence-electron chi connectivity index (χ2n) is 6.91. The summed E-state index contributed by atoms with van der Waals surface area (Å²) in [5.41, 5.74) is 1.26. The summed E-state index contributed by atoms with van der Waals surface area (Å²) in [6, 6.07) is 14.4. The van der Waals surface area contributed by atoms with E-state index in [1.54, 1.807) is 18.2 Å². The van der Waals surface area contributed by atoms with Crippen LogP contribution in [0.3, 0.4) is 0 Å². The Morgan fingerprint density at radius 2 is 1.91 bits per heavy atom. The van der Waals surface area contributed by atoms with E-state index in [9.17, 15) is 9.59 Å². The molecule has 3 aromatic rings. The van der Waals surface area contributed by atoms with Crippen molar-refractivity contribution >= 4 is 29.3 Å². The van der Waals surface area contributed by atoms with Gasteiger partial charge in [-0.25, -0.2) is 0 Å². The molecule has 32 heavy (non-hydrogen) atoms. The Morgan fingerprint density at radius 1 is 1.09 bits per heavy atom. The molecule has 0 aliphatic carbocycles. The van der Waals surface area contributed by atoms with Gasteiger partial charge >= 0.3 is 0 Å². The molecule has 0 saturated heterocycles. The lowest BCUT2D eigenvalue weighted by atomic mass is 10.2. The van der Waals surface area contributed by atoms with Gasteiger partial charge in [-0.2, -0.15) is 0 Å². The van der Waals surface area contributed by atoms with Gasteiger partial charge in [0.1, 0.15) is 0 Å². The second kappa shape index (κ2) is 10.2. The minimum Gasteiger partial charge on any atom is -0.454 e. The van der Waals surface area contributed by atoms with Crippen molar-refractivity contribution in [1.29, 1.82) is 0 Å². The van der Waals surface area contributed by atoms with Crippen LogP contribution in [0.1, 0.15) is 29.5 Å². The Kier molecular flexibility index (Phi) is 6.90. The number of carbonyl (C=O) groups is 2. The van der Waals surface area contributed by atoms with Crippen molar-refractivity contribution in [1.82, 2.24) is 20.1 Å². The van der Waals surface area contributed by atoms with E-state index in [-0.39, 0.29) is 25.2 Å². The summed E-state index contributed by atoms with van der Waals surface area (Å²) < 4.78 is 12.5. The van der Waals surface area contributed by atoms with Crippen LogP contribution >= 0.6 is 11.8 Å². The van der Waals surface area contributed by atoms with Gasteiger partial charge in [0.15, 0.2) is 22.5 Å². The number of hydrogen-bond acceptors (Lipinski definition) is 7. The highest BCUT2D eigenvalue weighted by molar-refractivity contribution is 7.99. The molecule has 1 aliphatic heterocycles. The minimum absolute atomic E-state index is 0.0533. The Balaban J connectivity index is 1.29. The summed E-state index contributed by atoms with van der Waals surface area (Å²) in [4.78, 5) is 24.6. The number of carbonyl (C=O) groups excluding carboxylic acids is 2. The SMILES string of the molecule is CCn1c(CNC(=O)c2ccc3c(c2)OCO3)nnc1SCCC(=O)Nc1ccccc1. The largest absolute Gasteiger partial charge is 0.454 e. The summed E-state index contributed by atoms with van der Waals surface area (Å²) >= 11 is 1.46. The molecule has 2 heterocycles. The summed E-state index contributed by atoms with van der Waals surface area (Å²) in [6.07, 6.45) is 0.353. The van der Waals surface area contributed by atoms with Crippen LogP contribution in [0.2, 0.25) is 0 Å². The summed E-state index contributed by atoms with van der Waals surface area (Å²) in [5.74, 6) is 2.12. The van der Waals surface area contributed by atoms with E-state index < -0.39 is 0 Å². The highest BCUT2D eigenvalue weighted by Crippen LogP contribution is 2.32. The first-order valence-electron chi connectivity index (χ1n) is 10.2. The van der Waals surface area contributed by atoms with E-state index in [0.29, 0.717) is 46.8 Å². The lowest BCUT2D eigenvalue weighted by Gasteiger charge is -2.09. The first-order valence-corrected chi connectivity index (χ1v) is 11.2. The van der Waals surface area contributed by atoms with E-state index in [0.717, 1.165) is 5.69 Å². The first kappa shape index (κ1) is 21.7. The lowest BCUT2D eigenvalue weighted by molar-refractivity contribution is -0.115. The van der Waals surface area contributed by atoms with Crippen LogP contribution < -0.4 is 20.1 Å². The number of nitrogens with one attached hydrogen (secondary N) is 2. The number of amides is 2. The fourth-order valence-electron chi connectivity index (χ4n) is 3.15. The highest BCUT2D eigenvalue weighted by atomic mass is 32.2. The van der Waals surface area contributed by atoms with Crippen molar-refractivity contribution in [2.75, 3.05) is 17.9 Å². The van der Waals surface area contributed by atoms with Crippen LogP contribution in [0.4, 0.5) is 5.69 Å². The quantitative estimate of drug-likeness (QED) is 0.480. The number of aromatic nitrogens is 3. The molecule has 2 N–H and O–H groups in total. The summed E-state index contributed by atoms with van der Waals surface area (Å²) in [7, 11) is 0. The zero-order valence-corrected chi connectivity index (χ0v) is 18.4. The maximum atomic E-state index is 12.5. The predicted octanol–water partition coefficient (Wildman–Crippen LogP) is 3.08. The number of benzene rings is 2. The number of rotatable bonds is 9. The van der Waals surface area contributed by atoms with Crippen molar-refractivity contribution < 1.29 is 19.1 Å². The van der Waals surface area contributed by atoms with Gasteiger partial charge in [-0.05, 0) is 37.3 Å². The van der Waals surface area contributed by atoms with Gasteiger partial charge in [0.25, 0.3) is 5.91 Å². The molecule has 1 aliphatic rings. The van der Waals surface area contributed by atoms with E-state index in [1.165, 1.54) is 11.8 Å². The van der Waals surface area contributed by atoms with Crippen molar-refractivity contribution in [3.63, 3.8) is 0 Å². The van der Waals surface area contributed by atoms with Crippen LogP contribution in [0.25, 0.3) is 0 Å². The van der Waals surface area contributed by atoms with E-state index in [4.69, 9.17) is 9.47 Å². The standard InChI is InChI=1S/C22H23N5O4S/c1-2-27-19(13-23-21(29)15-8-9-17-18(12-15)31-14-30-17)25-26-22(27)32-11-10-20(28)24-16-6-4-3-5-7-16/h3-9,12H,2,10-11,13-14H2,1H3,(H,23,29)(H,24,28). The predicted molar refractivity (Wildman–Crippen MR) is 120 cm³/mol. The third-order valence-corrected chi connectivity index (χ3v) is 5.74.